The van der Waals surface area contributed by atoms with Crippen molar-refractivity contribution in [3.63, 3.8) is 0 Å². The van der Waals surface area contributed by atoms with Crippen molar-refractivity contribution < 1.29 is 4.84 Å². The molecule has 0 spiro atoms. The molecule has 2 aromatic rings. The Balaban J connectivity index is 2.06. The second kappa shape index (κ2) is 6.41. The maximum absolute atomic E-state index is 7.74. The number of hydrogen-bond donors (Lipinski definition) is 2. The molecular weight excluding hydrogens is 297 g/mol. The van der Waals surface area contributed by atoms with Crippen molar-refractivity contribution in [3.05, 3.63) is 69.7 Å². The number of hydrogen-bond acceptors (Lipinski definition) is 3. The quantitative estimate of drug-likeness (QED) is 0.516. The van der Waals surface area contributed by atoms with Crippen LogP contribution in [-0.4, -0.2) is 11.7 Å². The van der Waals surface area contributed by atoms with Crippen LogP contribution in [0.5, 0.6) is 0 Å². The molecule has 0 aliphatic carbocycles. The van der Waals surface area contributed by atoms with Crippen LogP contribution in [0, 0.1) is 5.41 Å². The summed E-state index contributed by atoms with van der Waals surface area (Å²) in [6.07, 6.45) is 0. The van der Waals surface area contributed by atoms with Crippen molar-refractivity contribution in [2.75, 3.05) is 0 Å². The number of amidine groups is 1. The largest absolute Gasteiger partial charge is 0.380 e. The third kappa shape index (κ3) is 3.73. The lowest BCUT2D eigenvalue weighted by Crippen LogP contribution is -2.15. The summed E-state index contributed by atoms with van der Waals surface area (Å²) in [6.45, 7) is 0. The highest BCUT2D eigenvalue weighted by molar-refractivity contribution is 6.31. The van der Waals surface area contributed by atoms with Gasteiger partial charge in [0.2, 0.25) is 5.90 Å². The van der Waals surface area contributed by atoms with Crippen LogP contribution in [-0.2, 0) is 4.84 Å². The van der Waals surface area contributed by atoms with E-state index in [-0.39, 0.29) is 11.7 Å². The second-order valence-electron chi connectivity index (χ2n) is 3.91. The first-order chi connectivity index (χ1) is 9.56. The van der Waals surface area contributed by atoms with E-state index in [0.717, 1.165) is 0 Å². The van der Waals surface area contributed by atoms with E-state index in [1.54, 1.807) is 48.5 Å². The first-order valence-corrected chi connectivity index (χ1v) is 6.43. The van der Waals surface area contributed by atoms with E-state index in [0.29, 0.717) is 21.2 Å². The lowest BCUT2D eigenvalue weighted by atomic mass is 10.2. The highest BCUT2D eigenvalue weighted by atomic mass is 35.5. The van der Waals surface area contributed by atoms with Gasteiger partial charge in [0.1, 0.15) is 0 Å². The molecule has 0 radical (unpaired) electrons. The minimum atomic E-state index is -0.112. The SMILES string of the molecule is N=C(O/N=C(/N)c1ccc(Cl)cc1)c1ccc(Cl)cc1. The van der Waals surface area contributed by atoms with Crippen LogP contribution in [0.3, 0.4) is 0 Å². The zero-order valence-corrected chi connectivity index (χ0v) is 11.8. The molecule has 0 heterocycles. The Labute approximate surface area is 126 Å². The molecule has 6 heteroatoms. The van der Waals surface area contributed by atoms with E-state index in [2.05, 4.69) is 5.16 Å². The Bertz CT molecular complexity index is 636. The molecule has 0 aliphatic heterocycles. The minimum absolute atomic E-state index is 0.112. The van der Waals surface area contributed by atoms with Gasteiger partial charge >= 0.3 is 0 Å². The van der Waals surface area contributed by atoms with E-state index in [1.807, 2.05) is 0 Å². The van der Waals surface area contributed by atoms with Gasteiger partial charge in [0.05, 0.1) is 0 Å². The lowest BCUT2D eigenvalue weighted by molar-refractivity contribution is 0.326. The number of oxime groups is 1. The molecule has 0 saturated carbocycles. The topological polar surface area (TPSA) is 71.5 Å². The fourth-order valence-electron chi connectivity index (χ4n) is 1.42. The Morgan fingerprint density at radius 1 is 0.900 bits per heavy atom. The van der Waals surface area contributed by atoms with E-state index in [9.17, 15) is 0 Å². The monoisotopic (exact) mass is 307 g/mol. The second-order valence-corrected chi connectivity index (χ2v) is 4.78. The number of nitrogens with zero attached hydrogens (tertiary/aromatic N) is 1. The van der Waals surface area contributed by atoms with Gasteiger partial charge in [-0.15, -0.1) is 0 Å². The van der Waals surface area contributed by atoms with Crippen molar-refractivity contribution in [1.82, 2.24) is 0 Å². The molecule has 2 rings (SSSR count). The summed E-state index contributed by atoms with van der Waals surface area (Å²) in [7, 11) is 0. The molecule has 0 saturated heterocycles. The summed E-state index contributed by atoms with van der Waals surface area (Å²) in [6, 6.07) is 13.5. The van der Waals surface area contributed by atoms with Crippen LogP contribution < -0.4 is 5.73 Å². The molecule has 4 nitrogen and oxygen atoms in total. The van der Waals surface area contributed by atoms with Gasteiger partial charge in [0, 0.05) is 21.2 Å². The molecule has 0 aromatic heterocycles. The molecule has 20 heavy (non-hydrogen) atoms. The molecule has 3 N–H and O–H groups in total. The van der Waals surface area contributed by atoms with Gasteiger partial charge in [-0.25, -0.2) is 0 Å². The summed E-state index contributed by atoms with van der Waals surface area (Å²) in [5.41, 5.74) is 6.98. The minimum Gasteiger partial charge on any atom is -0.380 e. The number of nitrogens with one attached hydrogen (secondary N) is 1. The van der Waals surface area contributed by atoms with Crippen LogP contribution in [0.1, 0.15) is 11.1 Å². The number of benzene rings is 2. The standard InChI is InChI=1S/C14H11Cl2N3O/c15-11-5-1-9(2-6-11)13(17)19-20-14(18)10-3-7-12(16)8-4-10/h1-8,18H,(H2,17,19). The third-order valence-corrected chi connectivity index (χ3v) is 2.99. The van der Waals surface area contributed by atoms with Crippen molar-refractivity contribution >= 4 is 34.9 Å². The van der Waals surface area contributed by atoms with Crippen LogP contribution in [0.4, 0.5) is 0 Å². The van der Waals surface area contributed by atoms with Crippen molar-refractivity contribution in [2.45, 2.75) is 0 Å². The molecule has 102 valence electrons. The molecule has 0 atom stereocenters. The van der Waals surface area contributed by atoms with Crippen LogP contribution in [0.15, 0.2) is 53.7 Å². The predicted molar refractivity (Wildman–Crippen MR) is 81.5 cm³/mol. The van der Waals surface area contributed by atoms with E-state index < -0.39 is 0 Å². The van der Waals surface area contributed by atoms with Crippen molar-refractivity contribution in [3.8, 4) is 0 Å². The van der Waals surface area contributed by atoms with Crippen molar-refractivity contribution in [2.24, 2.45) is 10.9 Å². The maximum Gasteiger partial charge on any atom is 0.248 e. The smallest absolute Gasteiger partial charge is 0.248 e. The lowest BCUT2D eigenvalue weighted by Gasteiger charge is -2.03. The molecule has 0 amide bonds. The molecular formula is C14H11Cl2N3O. The highest BCUT2D eigenvalue weighted by Gasteiger charge is 2.04. The normalized spacial score (nSPS) is 11.2. The first kappa shape index (κ1) is 14.4. The van der Waals surface area contributed by atoms with Gasteiger partial charge in [0.15, 0.2) is 5.84 Å². The Morgan fingerprint density at radius 3 is 1.85 bits per heavy atom. The Kier molecular flexibility index (Phi) is 4.61. The predicted octanol–water partition coefficient (Wildman–Crippen LogP) is 3.66. The van der Waals surface area contributed by atoms with Crippen LogP contribution >= 0.6 is 23.2 Å². The fourth-order valence-corrected chi connectivity index (χ4v) is 1.67. The molecule has 0 bridgehead atoms. The number of rotatable bonds is 3. The van der Waals surface area contributed by atoms with E-state index in [4.69, 9.17) is 39.2 Å². The van der Waals surface area contributed by atoms with Crippen LogP contribution in [0.2, 0.25) is 10.0 Å². The average molecular weight is 308 g/mol. The summed E-state index contributed by atoms with van der Waals surface area (Å²) in [5.74, 6) is 0.0546. The van der Waals surface area contributed by atoms with Gasteiger partial charge in [-0.1, -0.05) is 28.4 Å². The summed E-state index contributed by atoms with van der Waals surface area (Å²) >= 11 is 11.5. The van der Waals surface area contributed by atoms with Crippen molar-refractivity contribution in [1.29, 1.82) is 5.41 Å². The molecule has 0 aliphatic rings. The molecule has 0 fully saturated rings. The maximum atomic E-state index is 7.74. The molecule has 2 aromatic carbocycles. The van der Waals surface area contributed by atoms with Crippen LogP contribution in [0.25, 0.3) is 0 Å². The fraction of sp³-hybridized carbons (Fsp3) is 0. The summed E-state index contributed by atoms with van der Waals surface area (Å²) in [5, 5.41) is 12.7. The molecule has 0 unspecified atom stereocenters. The summed E-state index contributed by atoms with van der Waals surface area (Å²) < 4.78 is 0. The first-order valence-electron chi connectivity index (χ1n) is 5.67. The van der Waals surface area contributed by atoms with E-state index in [1.165, 1.54) is 0 Å². The highest BCUT2D eigenvalue weighted by Crippen LogP contribution is 2.11. The summed E-state index contributed by atoms with van der Waals surface area (Å²) in [4.78, 5) is 4.98. The Morgan fingerprint density at radius 2 is 1.35 bits per heavy atom. The Hall–Kier alpha value is -2.04. The zero-order valence-electron chi connectivity index (χ0n) is 10.3. The van der Waals surface area contributed by atoms with Gasteiger partial charge < -0.3 is 10.6 Å². The number of nitrogens with two attached hydrogens (primary N) is 1. The van der Waals surface area contributed by atoms with Gasteiger partial charge in [-0.2, -0.15) is 0 Å². The van der Waals surface area contributed by atoms with Gasteiger partial charge in [-0.3, -0.25) is 5.41 Å². The van der Waals surface area contributed by atoms with Gasteiger partial charge in [0.25, 0.3) is 0 Å². The third-order valence-electron chi connectivity index (χ3n) is 2.48. The van der Waals surface area contributed by atoms with E-state index >= 15 is 0 Å². The average Bonchev–Trinajstić information content (AvgIpc) is 2.46. The zero-order chi connectivity index (χ0) is 14.5. The van der Waals surface area contributed by atoms with Gasteiger partial charge in [-0.05, 0) is 48.5 Å². The number of halogens is 2.